The molecule has 3 atom stereocenters. The maximum atomic E-state index is 14.0. The third-order valence-corrected chi connectivity index (χ3v) is 9.68. The minimum absolute atomic E-state index is 0.0992. The number of carbonyl (C=O) groups excluding carboxylic acids is 1. The van der Waals surface area contributed by atoms with Crippen molar-refractivity contribution < 1.29 is 9.90 Å². The normalized spacial score (nSPS) is 28.2. The Morgan fingerprint density at radius 1 is 1.03 bits per heavy atom. The molecule has 1 spiro atoms. The summed E-state index contributed by atoms with van der Waals surface area (Å²) in [5.41, 5.74) is 0.363. The van der Waals surface area contributed by atoms with Gasteiger partial charge in [0.2, 0.25) is 0 Å². The summed E-state index contributed by atoms with van der Waals surface area (Å²) < 4.78 is 1.67. The van der Waals surface area contributed by atoms with Gasteiger partial charge in [-0.15, -0.1) is 0 Å². The lowest BCUT2D eigenvalue weighted by molar-refractivity contribution is -0.137. The summed E-state index contributed by atoms with van der Waals surface area (Å²) in [4.78, 5) is 31.2. The van der Waals surface area contributed by atoms with E-state index < -0.39 is 11.0 Å². The van der Waals surface area contributed by atoms with Gasteiger partial charge in [0.25, 0.3) is 5.56 Å². The third kappa shape index (κ3) is 4.98. The van der Waals surface area contributed by atoms with Crippen molar-refractivity contribution in [3.8, 4) is 11.1 Å². The Balaban J connectivity index is 1.21. The summed E-state index contributed by atoms with van der Waals surface area (Å²) in [6, 6.07) is 13.7. The Bertz CT molecular complexity index is 1300. The number of hydrogen-bond acceptors (Lipinski definition) is 4. The largest absolute Gasteiger partial charge is 0.387 e. The second-order valence-electron chi connectivity index (χ2n) is 11.9. The van der Waals surface area contributed by atoms with Gasteiger partial charge in [-0.3, -0.25) is 4.79 Å². The number of aromatic nitrogens is 1. The van der Waals surface area contributed by atoms with E-state index in [9.17, 15) is 14.7 Å². The number of likely N-dealkylation sites (tertiary alicyclic amines) is 1. The summed E-state index contributed by atoms with van der Waals surface area (Å²) in [5, 5.41) is 15.7. The lowest BCUT2D eigenvalue weighted by Crippen LogP contribution is -2.66. The number of piperidine rings is 1. The standard InChI is InChI=1S/C32H40N4O3/c37-29-21-27(25-9-3-1-4-10-25)13-18-34(29)24-32(39)16-19-35(23-31(32)14-7-8-15-31)30(38)36-20-17-33-22-28(36)26-11-5-2-6-12-26/h1-6,9-11,13,18,21,26,28,33,39H,7-8,12,14-17,19-20,22-24H2/t26?,28-,32+/m0/s1. The Kier molecular flexibility index (Phi) is 7.21. The molecular formula is C32H40N4O3. The van der Waals surface area contributed by atoms with Crippen molar-refractivity contribution in [2.45, 2.75) is 56.7 Å². The van der Waals surface area contributed by atoms with Crippen molar-refractivity contribution in [2.24, 2.45) is 11.3 Å². The van der Waals surface area contributed by atoms with Gasteiger partial charge in [0.05, 0.1) is 18.2 Å². The van der Waals surface area contributed by atoms with E-state index in [1.165, 1.54) is 0 Å². The molecule has 3 heterocycles. The number of nitrogens with zero attached hydrogens (tertiary/aromatic N) is 3. The van der Waals surface area contributed by atoms with Gasteiger partial charge >= 0.3 is 6.03 Å². The molecule has 1 aromatic carbocycles. The lowest BCUT2D eigenvalue weighted by atomic mass is 9.66. The van der Waals surface area contributed by atoms with Gasteiger partial charge in [-0.05, 0) is 42.9 Å². The number of piperazine rings is 1. The quantitative estimate of drug-likeness (QED) is 0.628. The summed E-state index contributed by atoms with van der Waals surface area (Å²) >= 11 is 0. The molecule has 2 aliphatic heterocycles. The fraction of sp³-hybridized carbons (Fsp3) is 0.500. The fourth-order valence-electron chi connectivity index (χ4n) is 7.40. The van der Waals surface area contributed by atoms with E-state index in [-0.39, 0.29) is 24.2 Å². The Hall–Kier alpha value is -3.16. The van der Waals surface area contributed by atoms with Gasteiger partial charge in [0.15, 0.2) is 0 Å². The molecule has 0 bridgehead atoms. The second kappa shape index (κ2) is 10.8. The highest BCUT2D eigenvalue weighted by Crippen LogP contribution is 2.51. The predicted molar refractivity (Wildman–Crippen MR) is 153 cm³/mol. The van der Waals surface area contributed by atoms with Gasteiger partial charge in [0, 0.05) is 56.3 Å². The summed E-state index contributed by atoms with van der Waals surface area (Å²) in [6.45, 7) is 3.63. The number of carbonyl (C=O) groups is 1. The first-order valence-corrected chi connectivity index (χ1v) is 14.6. The van der Waals surface area contributed by atoms with Crippen LogP contribution in [-0.4, -0.2) is 69.9 Å². The van der Waals surface area contributed by atoms with Crippen LogP contribution in [0.15, 0.2) is 77.8 Å². The topological polar surface area (TPSA) is 77.8 Å². The van der Waals surface area contributed by atoms with E-state index >= 15 is 0 Å². The molecule has 1 aromatic heterocycles. The van der Waals surface area contributed by atoms with E-state index in [1.807, 2.05) is 47.5 Å². The van der Waals surface area contributed by atoms with Crippen LogP contribution in [0.3, 0.4) is 0 Å². The number of nitrogens with one attached hydrogen (secondary N) is 1. The Morgan fingerprint density at radius 2 is 1.85 bits per heavy atom. The first kappa shape index (κ1) is 26.1. The molecule has 1 saturated carbocycles. The van der Waals surface area contributed by atoms with Crippen LogP contribution in [-0.2, 0) is 6.54 Å². The summed E-state index contributed by atoms with van der Waals surface area (Å²) in [7, 11) is 0. The highest BCUT2D eigenvalue weighted by atomic mass is 16.3. The molecule has 2 N–H and O–H groups in total. The van der Waals surface area contributed by atoms with Crippen LogP contribution in [0.5, 0.6) is 0 Å². The van der Waals surface area contributed by atoms with Crippen molar-refractivity contribution in [3.63, 3.8) is 0 Å². The number of pyridine rings is 1. The first-order valence-electron chi connectivity index (χ1n) is 14.6. The van der Waals surface area contributed by atoms with Crippen LogP contribution in [0.2, 0.25) is 0 Å². The zero-order valence-electron chi connectivity index (χ0n) is 22.7. The molecule has 4 aliphatic rings. The Morgan fingerprint density at radius 3 is 2.59 bits per heavy atom. The van der Waals surface area contributed by atoms with Crippen molar-refractivity contribution >= 4 is 6.03 Å². The molecule has 2 saturated heterocycles. The molecule has 2 aliphatic carbocycles. The summed E-state index contributed by atoms with van der Waals surface area (Å²) in [5.74, 6) is 0.319. The van der Waals surface area contributed by atoms with Crippen LogP contribution in [0, 0.1) is 11.3 Å². The zero-order chi connectivity index (χ0) is 26.9. The SMILES string of the molecule is O=C(N1CC[C@@](O)(Cn2ccc(-c3ccccc3)cc2=O)C2(CCCC2)C1)N1CCNC[C@H]1C1C=CC=CC1. The zero-order valence-corrected chi connectivity index (χ0v) is 22.7. The molecule has 1 unspecified atom stereocenters. The molecule has 3 fully saturated rings. The van der Waals surface area contributed by atoms with E-state index in [1.54, 1.807) is 10.6 Å². The first-order chi connectivity index (χ1) is 19.0. The molecule has 6 rings (SSSR count). The third-order valence-electron chi connectivity index (χ3n) is 9.68. The van der Waals surface area contributed by atoms with Gasteiger partial charge < -0.3 is 24.8 Å². The minimum Gasteiger partial charge on any atom is -0.387 e. The minimum atomic E-state index is -1.03. The number of hydrogen-bond donors (Lipinski definition) is 2. The number of amides is 2. The van der Waals surface area contributed by atoms with Crippen LogP contribution in [0.25, 0.3) is 11.1 Å². The van der Waals surface area contributed by atoms with Gasteiger partial charge in [0.1, 0.15) is 0 Å². The van der Waals surface area contributed by atoms with Gasteiger partial charge in [-0.1, -0.05) is 67.5 Å². The van der Waals surface area contributed by atoms with E-state index in [2.05, 4.69) is 34.5 Å². The number of benzene rings is 1. The molecule has 7 nitrogen and oxygen atoms in total. The highest BCUT2D eigenvalue weighted by molar-refractivity contribution is 5.75. The number of urea groups is 1. The Labute approximate surface area is 230 Å². The number of aliphatic hydroxyl groups is 1. The van der Waals surface area contributed by atoms with Crippen LogP contribution < -0.4 is 10.9 Å². The second-order valence-corrected chi connectivity index (χ2v) is 11.9. The van der Waals surface area contributed by atoms with E-state index in [4.69, 9.17) is 0 Å². The molecule has 0 radical (unpaired) electrons. The van der Waals surface area contributed by atoms with Crippen molar-refractivity contribution in [3.05, 3.63) is 83.3 Å². The molecule has 206 valence electrons. The maximum absolute atomic E-state index is 14.0. The van der Waals surface area contributed by atoms with Gasteiger partial charge in [-0.25, -0.2) is 4.79 Å². The monoisotopic (exact) mass is 528 g/mol. The van der Waals surface area contributed by atoms with Crippen LogP contribution in [0.4, 0.5) is 4.79 Å². The van der Waals surface area contributed by atoms with E-state index in [0.717, 1.165) is 56.3 Å². The average Bonchev–Trinajstić information content (AvgIpc) is 3.46. The molecular weight excluding hydrogens is 488 g/mol. The average molecular weight is 529 g/mol. The summed E-state index contributed by atoms with van der Waals surface area (Å²) in [6.07, 6.45) is 15.7. The molecule has 7 heteroatoms. The molecule has 2 aromatic rings. The lowest BCUT2D eigenvalue weighted by Gasteiger charge is -2.53. The van der Waals surface area contributed by atoms with Crippen LogP contribution >= 0.6 is 0 Å². The number of rotatable bonds is 4. The van der Waals surface area contributed by atoms with E-state index in [0.29, 0.717) is 32.0 Å². The molecule has 2 amide bonds. The van der Waals surface area contributed by atoms with Crippen molar-refractivity contribution in [1.82, 2.24) is 19.7 Å². The fourth-order valence-corrected chi connectivity index (χ4v) is 7.40. The van der Waals surface area contributed by atoms with Gasteiger partial charge in [-0.2, -0.15) is 0 Å². The van der Waals surface area contributed by atoms with Crippen molar-refractivity contribution in [1.29, 1.82) is 0 Å². The predicted octanol–water partition coefficient (Wildman–Crippen LogP) is 4.04. The smallest absolute Gasteiger partial charge is 0.320 e. The maximum Gasteiger partial charge on any atom is 0.320 e. The van der Waals surface area contributed by atoms with Crippen molar-refractivity contribution in [2.75, 3.05) is 32.7 Å². The van der Waals surface area contributed by atoms with Crippen LogP contribution in [0.1, 0.15) is 38.5 Å². The highest BCUT2D eigenvalue weighted by Gasteiger charge is 2.56. The molecule has 39 heavy (non-hydrogen) atoms. The number of allylic oxidation sites excluding steroid dienone is 3.